The lowest BCUT2D eigenvalue weighted by Crippen LogP contribution is -2.09. The molecule has 1 atom stereocenters. The van der Waals surface area contributed by atoms with E-state index in [2.05, 4.69) is 0 Å². The number of ether oxygens (including phenoxy) is 1. The summed E-state index contributed by atoms with van der Waals surface area (Å²) >= 11 is 0. The average Bonchev–Trinajstić information content (AvgIpc) is 2.63. The van der Waals surface area contributed by atoms with E-state index in [4.69, 9.17) is 4.74 Å². The van der Waals surface area contributed by atoms with E-state index in [1.807, 2.05) is 84.9 Å². The summed E-state index contributed by atoms with van der Waals surface area (Å²) < 4.78 is 5.80. The third kappa shape index (κ3) is 4.95. The van der Waals surface area contributed by atoms with Crippen molar-refractivity contribution < 1.29 is 14.6 Å². The van der Waals surface area contributed by atoms with Crippen molar-refractivity contribution in [2.24, 2.45) is 0 Å². The Morgan fingerprint density at radius 3 is 1.96 bits per heavy atom. The van der Waals surface area contributed by atoms with Gasteiger partial charge >= 0.3 is 5.97 Å². The molecule has 3 heteroatoms. The summed E-state index contributed by atoms with van der Waals surface area (Å²) in [5, 5.41) is 9.25. The highest BCUT2D eigenvalue weighted by Crippen LogP contribution is 2.28. The van der Waals surface area contributed by atoms with Gasteiger partial charge in [0, 0.05) is 0 Å². The number of hydrogen-bond donors (Lipinski definition) is 1. The van der Waals surface area contributed by atoms with Gasteiger partial charge in [-0.25, -0.2) is 0 Å². The number of rotatable bonds is 7. The molecule has 0 amide bonds. The summed E-state index contributed by atoms with van der Waals surface area (Å²) in [5.74, 6) is 0.668. The molecule has 0 fully saturated rings. The molecule has 0 saturated heterocycles. The summed E-state index contributed by atoms with van der Waals surface area (Å²) in [5.41, 5.74) is 2.14. The minimum Gasteiger partial charge on any atom is -0.481 e. The summed E-state index contributed by atoms with van der Waals surface area (Å²) in [4.78, 5) is 11.3. The van der Waals surface area contributed by atoms with Gasteiger partial charge in [-0.15, -0.1) is 0 Å². The first-order valence-corrected chi connectivity index (χ1v) is 8.29. The van der Waals surface area contributed by atoms with Crippen LogP contribution in [-0.2, 0) is 11.2 Å². The molecule has 3 aromatic carbocycles. The smallest absolute Gasteiger partial charge is 0.303 e. The monoisotopic (exact) mass is 332 g/mol. The topological polar surface area (TPSA) is 46.5 Å². The van der Waals surface area contributed by atoms with Gasteiger partial charge in [-0.1, -0.05) is 60.7 Å². The van der Waals surface area contributed by atoms with Crippen LogP contribution >= 0.6 is 0 Å². The van der Waals surface area contributed by atoms with E-state index in [1.54, 1.807) is 0 Å². The third-order valence-corrected chi connectivity index (χ3v) is 4.08. The van der Waals surface area contributed by atoms with E-state index in [1.165, 1.54) is 0 Å². The van der Waals surface area contributed by atoms with Crippen molar-refractivity contribution in [1.29, 1.82) is 0 Å². The van der Waals surface area contributed by atoms with E-state index in [0.717, 1.165) is 22.6 Å². The van der Waals surface area contributed by atoms with Crippen LogP contribution in [0.15, 0.2) is 84.9 Å². The Bertz CT molecular complexity index is 796. The first kappa shape index (κ1) is 16.8. The second-order valence-corrected chi connectivity index (χ2v) is 5.97. The minimum atomic E-state index is -0.787. The largest absolute Gasteiger partial charge is 0.481 e. The van der Waals surface area contributed by atoms with Crippen LogP contribution in [0.1, 0.15) is 23.5 Å². The fourth-order valence-electron chi connectivity index (χ4n) is 2.85. The molecule has 1 N–H and O–H groups in total. The zero-order valence-corrected chi connectivity index (χ0v) is 13.8. The normalized spacial score (nSPS) is 11.7. The molecule has 0 bridgehead atoms. The van der Waals surface area contributed by atoms with Gasteiger partial charge in [0.25, 0.3) is 0 Å². The lowest BCUT2D eigenvalue weighted by atomic mass is 9.89. The van der Waals surface area contributed by atoms with Crippen molar-refractivity contribution in [3.05, 3.63) is 96.1 Å². The molecular weight excluding hydrogens is 312 g/mol. The van der Waals surface area contributed by atoms with Gasteiger partial charge in [0.05, 0.1) is 6.42 Å². The lowest BCUT2D eigenvalue weighted by Gasteiger charge is -2.16. The second kappa shape index (κ2) is 8.15. The highest BCUT2D eigenvalue weighted by atomic mass is 16.5. The van der Waals surface area contributed by atoms with Crippen molar-refractivity contribution in [2.75, 3.05) is 0 Å². The van der Waals surface area contributed by atoms with Crippen molar-refractivity contribution in [3.8, 4) is 11.5 Å². The molecule has 0 aliphatic carbocycles. The van der Waals surface area contributed by atoms with Crippen LogP contribution in [-0.4, -0.2) is 11.1 Å². The number of carboxylic acids is 1. The van der Waals surface area contributed by atoms with Gasteiger partial charge in [-0.2, -0.15) is 0 Å². The molecule has 3 rings (SSSR count). The maximum atomic E-state index is 11.3. The third-order valence-electron chi connectivity index (χ3n) is 4.08. The van der Waals surface area contributed by atoms with Crippen LogP contribution in [0, 0.1) is 0 Å². The second-order valence-electron chi connectivity index (χ2n) is 5.97. The zero-order chi connectivity index (χ0) is 17.5. The number of aliphatic carboxylic acids is 1. The van der Waals surface area contributed by atoms with Gasteiger partial charge in [-0.3, -0.25) is 4.79 Å². The first-order chi connectivity index (χ1) is 12.2. The summed E-state index contributed by atoms with van der Waals surface area (Å²) in [7, 11) is 0. The zero-order valence-electron chi connectivity index (χ0n) is 13.8. The fraction of sp³-hybridized carbons (Fsp3) is 0.136. The quantitative estimate of drug-likeness (QED) is 0.640. The molecule has 0 saturated carbocycles. The molecule has 3 nitrogen and oxygen atoms in total. The fourth-order valence-corrected chi connectivity index (χ4v) is 2.85. The van der Waals surface area contributed by atoms with Crippen molar-refractivity contribution in [1.82, 2.24) is 0 Å². The van der Waals surface area contributed by atoms with E-state index in [9.17, 15) is 9.90 Å². The van der Waals surface area contributed by atoms with E-state index in [0.29, 0.717) is 6.42 Å². The van der Waals surface area contributed by atoms with E-state index in [-0.39, 0.29) is 12.3 Å². The van der Waals surface area contributed by atoms with Crippen LogP contribution in [0.25, 0.3) is 0 Å². The van der Waals surface area contributed by atoms with Crippen molar-refractivity contribution >= 4 is 5.97 Å². The van der Waals surface area contributed by atoms with Crippen LogP contribution in [0.5, 0.6) is 11.5 Å². The minimum absolute atomic E-state index is 0.0642. The predicted molar refractivity (Wildman–Crippen MR) is 98.1 cm³/mol. The Hall–Kier alpha value is -3.07. The predicted octanol–water partition coefficient (Wildman–Crippen LogP) is 5.28. The van der Waals surface area contributed by atoms with Crippen LogP contribution in [0.4, 0.5) is 0 Å². The molecular formula is C22H20O3. The number of para-hydroxylation sites is 1. The van der Waals surface area contributed by atoms with Gasteiger partial charge < -0.3 is 9.84 Å². The van der Waals surface area contributed by atoms with E-state index < -0.39 is 5.97 Å². The van der Waals surface area contributed by atoms with Gasteiger partial charge in [0.2, 0.25) is 0 Å². The Kier molecular flexibility index (Phi) is 5.47. The molecule has 0 aromatic heterocycles. The van der Waals surface area contributed by atoms with Crippen LogP contribution in [0.2, 0.25) is 0 Å². The molecule has 3 aromatic rings. The Morgan fingerprint density at radius 1 is 0.800 bits per heavy atom. The Morgan fingerprint density at radius 2 is 1.36 bits per heavy atom. The number of carbonyl (C=O) groups is 1. The summed E-state index contributed by atoms with van der Waals surface area (Å²) in [6.07, 6.45) is 0.805. The number of benzene rings is 3. The standard InChI is InChI=1S/C22H20O3/c23-22(24)16-19(15-17-7-3-1-4-8-17)18-11-13-21(14-12-18)25-20-9-5-2-6-10-20/h1-14,19H,15-16H2,(H,23,24). The highest BCUT2D eigenvalue weighted by molar-refractivity contribution is 5.68. The SMILES string of the molecule is O=C(O)CC(Cc1ccccc1)c1ccc(Oc2ccccc2)cc1. The van der Waals surface area contributed by atoms with Crippen LogP contribution < -0.4 is 4.74 Å². The number of hydrogen-bond acceptors (Lipinski definition) is 2. The molecule has 0 aliphatic heterocycles. The molecule has 1 unspecified atom stereocenters. The highest BCUT2D eigenvalue weighted by Gasteiger charge is 2.16. The summed E-state index contributed by atoms with van der Waals surface area (Å²) in [6.45, 7) is 0. The van der Waals surface area contributed by atoms with Gasteiger partial charge in [-0.05, 0) is 47.7 Å². The Labute approximate surface area is 147 Å². The average molecular weight is 332 g/mol. The lowest BCUT2D eigenvalue weighted by molar-refractivity contribution is -0.137. The maximum Gasteiger partial charge on any atom is 0.303 e. The molecule has 0 spiro atoms. The molecule has 126 valence electrons. The summed E-state index contributed by atoms with van der Waals surface area (Å²) in [6, 6.07) is 27.2. The van der Waals surface area contributed by atoms with E-state index >= 15 is 0 Å². The van der Waals surface area contributed by atoms with Crippen LogP contribution in [0.3, 0.4) is 0 Å². The van der Waals surface area contributed by atoms with Crippen molar-refractivity contribution in [3.63, 3.8) is 0 Å². The molecule has 25 heavy (non-hydrogen) atoms. The van der Waals surface area contributed by atoms with Crippen molar-refractivity contribution in [2.45, 2.75) is 18.8 Å². The number of carboxylic acid groups (broad SMARTS) is 1. The first-order valence-electron chi connectivity index (χ1n) is 8.29. The molecule has 0 radical (unpaired) electrons. The molecule has 0 aliphatic rings. The molecule has 0 heterocycles. The maximum absolute atomic E-state index is 11.3. The Balaban J connectivity index is 1.75. The van der Waals surface area contributed by atoms with Gasteiger partial charge in [0.1, 0.15) is 11.5 Å². The van der Waals surface area contributed by atoms with Gasteiger partial charge in [0.15, 0.2) is 0 Å².